The van der Waals surface area contributed by atoms with E-state index in [4.69, 9.17) is 5.73 Å². The first kappa shape index (κ1) is 15.1. The van der Waals surface area contributed by atoms with Gasteiger partial charge in [-0.15, -0.1) is 13.2 Å². The van der Waals surface area contributed by atoms with Crippen LogP contribution in [0.3, 0.4) is 0 Å². The van der Waals surface area contributed by atoms with Crippen molar-refractivity contribution in [3.05, 3.63) is 29.8 Å². The molecule has 0 bridgehead atoms. The molecule has 1 aromatic rings. The number of rotatable bonds is 4. The Morgan fingerprint density at radius 3 is 2.45 bits per heavy atom. The molecule has 20 heavy (non-hydrogen) atoms. The summed E-state index contributed by atoms with van der Waals surface area (Å²) in [7, 11) is 0. The van der Waals surface area contributed by atoms with Crippen LogP contribution >= 0.6 is 0 Å². The van der Waals surface area contributed by atoms with E-state index in [2.05, 4.69) is 16.6 Å². The van der Waals surface area contributed by atoms with Crippen molar-refractivity contribution >= 4 is 0 Å². The highest BCUT2D eigenvalue weighted by Gasteiger charge is 2.31. The summed E-state index contributed by atoms with van der Waals surface area (Å²) in [4.78, 5) is 2.30. The summed E-state index contributed by atoms with van der Waals surface area (Å²) in [5.74, 6) is 0.327. The number of likely N-dealkylation sites (tertiary alicyclic amines) is 1. The minimum Gasteiger partial charge on any atom is -0.406 e. The molecule has 1 heterocycles. The van der Waals surface area contributed by atoms with Gasteiger partial charge in [0.2, 0.25) is 0 Å². The second kappa shape index (κ2) is 6.01. The molecule has 0 amide bonds. The molecule has 0 radical (unpaired) electrons. The second-order valence-corrected chi connectivity index (χ2v) is 5.31. The third-order valence-electron chi connectivity index (χ3n) is 3.67. The molecule has 1 aliphatic rings. The van der Waals surface area contributed by atoms with Crippen molar-refractivity contribution < 1.29 is 17.9 Å². The highest BCUT2D eigenvalue weighted by Crippen LogP contribution is 2.26. The Balaban J connectivity index is 1.94. The quantitative estimate of drug-likeness (QED) is 0.926. The molecule has 1 aliphatic heterocycles. The predicted molar refractivity (Wildman–Crippen MR) is 70.2 cm³/mol. The van der Waals surface area contributed by atoms with Crippen LogP contribution in [-0.2, 0) is 6.54 Å². The van der Waals surface area contributed by atoms with Gasteiger partial charge in [-0.25, -0.2) is 0 Å². The molecule has 112 valence electrons. The van der Waals surface area contributed by atoms with Crippen LogP contribution < -0.4 is 10.5 Å². The Kier molecular flexibility index (Phi) is 4.55. The van der Waals surface area contributed by atoms with Crippen molar-refractivity contribution in [1.29, 1.82) is 0 Å². The average Bonchev–Trinajstić information content (AvgIpc) is 2.71. The molecule has 0 aromatic heterocycles. The second-order valence-electron chi connectivity index (χ2n) is 5.31. The van der Waals surface area contributed by atoms with E-state index in [1.165, 1.54) is 12.1 Å². The van der Waals surface area contributed by atoms with Crippen molar-refractivity contribution in [3.63, 3.8) is 0 Å². The summed E-state index contributed by atoms with van der Waals surface area (Å²) in [5.41, 5.74) is 6.66. The molecule has 0 saturated carbocycles. The van der Waals surface area contributed by atoms with Gasteiger partial charge in [-0.2, -0.15) is 0 Å². The number of nitrogens with two attached hydrogens (primary N) is 1. The maximum Gasteiger partial charge on any atom is 0.573 e. The lowest BCUT2D eigenvalue weighted by Gasteiger charge is -2.21. The summed E-state index contributed by atoms with van der Waals surface area (Å²) in [6.07, 6.45) is -3.56. The highest BCUT2D eigenvalue weighted by molar-refractivity contribution is 5.27. The van der Waals surface area contributed by atoms with E-state index in [1.807, 2.05) is 0 Å². The van der Waals surface area contributed by atoms with Crippen LogP contribution in [0, 0.1) is 5.92 Å². The van der Waals surface area contributed by atoms with Gasteiger partial charge in [-0.3, -0.25) is 4.90 Å². The Morgan fingerprint density at radius 1 is 1.30 bits per heavy atom. The van der Waals surface area contributed by atoms with E-state index < -0.39 is 6.36 Å². The zero-order valence-electron chi connectivity index (χ0n) is 11.4. The van der Waals surface area contributed by atoms with Crippen molar-refractivity contribution in [1.82, 2.24) is 4.90 Å². The van der Waals surface area contributed by atoms with E-state index in [-0.39, 0.29) is 5.75 Å². The Labute approximate surface area is 116 Å². The molecule has 2 N–H and O–H groups in total. The maximum atomic E-state index is 12.1. The van der Waals surface area contributed by atoms with Crippen LogP contribution in [0.4, 0.5) is 13.2 Å². The van der Waals surface area contributed by atoms with Crippen LogP contribution in [0.2, 0.25) is 0 Å². The summed E-state index contributed by atoms with van der Waals surface area (Å²) in [6, 6.07) is 6.50. The third-order valence-corrected chi connectivity index (χ3v) is 3.67. The van der Waals surface area contributed by atoms with Gasteiger partial charge in [0.1, 0.15) is 5.75 Å². The number of benzene rings is 1. The maximum absolute atomic E-state index is 12.1. The Morgan fingerprint density at radius 2 is 1.95 bits per heavy atom. The zero-order chi connectivity index (χ0) is 14.8. The van der Waals surface area contributed by atoms with E-state index in [9.17, 15) is 13.2 Å². The number of hydrogen-bond acceptors (Lipinski definition) is 3. The summed E-state index contributed by atoms with van der Waals surface area (Å²) >= 11 is 0. The van der Waals surface area contributed by atoms with Gasteiger partial charge in [-0.05, 0) is 43.5 Å². The lowest BCUT2D eigenvalue weighted by atomic mass is 10.1. The fraction of sp³-hybridized carbons (Fsp3) is 0.571. The first-order valence-electron chi connectivity index (χ1n) is 6.66. The predicted octanol–water partition coefficient (Wildman–Crippen LogP) is 2.75. The minimum atomic E-state index is -4.64. The van der Waals surface area contributed by atoms with Crippen LogP contribution in [0.5, 0.6) is 5.75 Å². The fourth-order valence-electron chi connectivity index (χ4n) is 2.64. The van der Waals surface area contributed by atoms with Gasteiger partial charge in [0.15, 0.2) is 0 Å². The topological polar surface area (TPSA) is 38.5 Å². The van der Waals surface area contributed by atoms with E-state index >= 15 is 0 Å². The summed E-state index contributed by atoms with van der Waals surface area (Å²) in [6.45, 7) is 4.50. The average molecular weight is 288 g/mol. The van der Waals surface area contributed by atoms with Crippen LogP contribution in [0.1, 0.15) is 18.9 Å². The van der Waals surface area contributed by atoms with Crippen LogP contribution in [0.15, 0.2) is 24.3 Å². The van der Waals surface area contributed by atoms with Crippen molar-refractivity contribution in [2.24, 2.45) is 11.7 Å². The molecule has 6 heteroatoms. The first-order valence-corrected chi connectivity index (χ1v) is 6.66. The molecule has 2 rings (SSSR count). The Hall–Kier alpha value is -1.27. The Bertz CT molecular complexity index is 433. The van der Waals surface area contributed by atoms with Crippen LogP contribution in [0.25, 0.3) is 0 Å². The minimum absolute atomic E-state index is 0.185. The molecule has 1 saturated heterocycles. The van der Waals surface area contributed by atoms with Crippen molar-refractivity contribution in [2.45, 2.75) is 32.3 Å². The smallest absolute Gasteiger partial charge is 0.406 e. The van der Waals surface area contributed by atoms with Gasteiger partial charge in [0.25, 0.3) is 0 Å². The molecular formula is C14H19F3N2O. The monoisotopic (exact) mass is 288 g/mol. The molecule has 3 nitrogen and oxygen atoms in total. The van der Waals surface area contributed by atoms with E-state index in [0.29, 0.717) is 18.5 Å². The molecule has 0 spiro atoms. The highest BCUT2D eigenvalue weighted by atomic mass is 19.4. The fourth-order valence-corrected chi connectivity index (χ4v) is 2.64. The van der Waals surface area contributed by atoms with Crippen molar-refractivity contribution in [3.8, 4) is 5.75 Å². The molecule has 2 unspecified atom stereocenters. The van der Waals surface area contributed by atoms with Gasteiger partial charge < -0.3 is 10.5 Å². The van der Waals surface area contributed by atoms with E-state index in [1.54, 1.807) is 12.1 Å². The summed E-state index contributed by atoms with van der Waals surface area (Å²) in [5, 5.41) is 0. The zero-order valence-corrected chi connectivity index (χ0v) is 11.4. The van der Waals surface area contributed by atoms with Crippen molar-refractivity contribution in [2.75, 3.05) is 13.1 Å². The first-order chi connectivity index (χ1) is 9.37. The number of alkyl halides is 3. The number of ether oxygens (including phenoxy) is 1. The standard InChI is InChI=1S/C14H19F3N2O/c1-10-6-12(7-18)9-19(10)8-11-2-4-13(5-3-11)20-14(15,16)17/h2-5,10,12H,6-9,18H2,1H3. The van der Waals surface area contributed by atoms with Gasteiger partial charge in [-0.1, -0.05) is 12.1 Å². The number of halogens is 3. The van der Waals surface area contributed by atoms with Gasteiger partial charge in [0.05, 0.1) is 0 Å². The van der Waals surface area contributed by atoms with Gasteiger partial charge >= 0.3 is 6.36 Å². The molecular weight excluding hydrogens is 269 g/mol. The van der Waals surface area contributed by atoms with Crippen LogP contribution in [-0.4, -0.2) is 30.4 Å². The third kappa shape index (κ3) is 4.11. The number of hydrogen-bond donors (Lipinski definition) is 1. The molecule has 2 atom stereocenters. The lowest BCUT2D eigenvalue weighted by molar-refractivity contribution is -0.274. The largest absolute Gasteiger partial charge is 0.573 e. The SMILES string of the molecule is CC1CC(CN)CN1Cc1ccc(OC(F)(F)F)cc1. The summed E-state index contributed by atoms with van der Waals surface area (Å²) < 4.78 is 40.0. The van der Waals surface area contributed by atoms with Gasteiger partial charge in [0, 0.05) is 19.1 Å². The number of nitrogens with zero attached hydrogens (tertiary/aromatic N) is 1. The van der Waals surface area contributed by atoms with E-state index in [0.717, 1.165) is 25.1 Å². The lowest BCUT2D eigenvalue weighted by Crippen LogP contribution is -2.27. The molecule has 1 fully saturated rings. The molecule has 1 aromatic carbocycles. The molecule has 0 aliphatic carbocycles. The normalized spacial score (nSPS) is 24.1.